The highest BCUT2D eigenvalue weighted by atomic mass is 16.5. The Kier molecular flexibility index (Phi) is 10.6. The highest BCUT2D eigenvalue weighted by Gasteiger charge is 2.59. The number of benzene rings is 8. The zero-order valence-corrected chi connectivity index (χ0v) is 45.1. The Labute approximate surface area is 437 Å². The molecule has 6 heteroatoms. The van der Waals surface area contributed by atoms with E-state index in [0.717, 1.165) is 77.9 Å². The summed E-state index contributed by atoms with van der Waals surface area (Å²) in [6.07, 6.45) is 9.06. The molecule has 0 bridgehead atoms. The van der Waals surface area contributed by atoms with Crippen molar-refractivity contribution in [3.05, 3.63) is 202 Å². The molecule has 8 aromatic carbocycles. The predicted molar refractivity (Wildman–Crippen MR) is 306 cm³/mol. The molecule has 74 heavy (non-hydrogen) atoms. The molecule has 2 atom stereocenters. The molecule has 0 aromatic heterocycles. The molecule has 2 unspecified atom stereocenters. The maximum atomic E-state index is 7.47. The first kappa shape index (κ1) is 47.6. The number of fused-ring (bicyclic) bond motifs is 6. The van der Waals surface area contributed by atoms with Crippen LogP contribution in [0, 0.1) is 0 Å². The highest BCUT2D eigenvalue weighted by Crippen LogP contribution is 2.57. The van der Waals surface area contributed by atoms with Crippen molar-refractivity contribution >= 4 is 45.1 Å². The number of hydrogen-bond donors (Lipinski definition) is 0. The van der Waals surface area contributed by atoms with Crippen LogP contribution >= 0.6 is 0 Å². The van der Waals surface area contributed by atoms with Gasteiger partial charge in [0.1, 0.15) is 36.2 Å². The molecule has 6 nitrogen and oxygen atoms in total. The summed E-state index contributed by atoms with van der Waals surface area (Å²) in [7, 11) is 4.30. The summed E-state index contributed by atoms with van der Waals surface area (Å²) >= 11 is 0. The molecule has 4 heterocycles. The largest absolute Gasteiger partial charge is 0.488 e. The van der Waals surface area contributed by atoms with Crippen molar-refractivity contribution in [1.82, 2.24) is 0 Å². The van der Waals surface area contributed by atoms with Crippen LogP contribution in [0.2, 0.25) is 0 Å². The minimum absolute atomic E-state index is 0.114. The van der Waals surface area contributed by atoms with Crippen LogP contribution < -0.4 is 28.7 Å². The Bertz CT molecular complexity index is 3420. The van der Waals surface area contributed by atoms with Crippen LogP contribution in [-0.4, -0.2) is 25.5 Å². The molecule has 0 amide bonds. The van der Waals surface area contributed by atoms with E-state index in [1.807, 2.05) is 0 Å². The second-order valence-corrected chi connectivity index (χ2v) is 24.2. The molecule has 0 saturated carbocycles. The van der Waals surface area contributed by atoms with Crippen LogP contribution in [0.1, 0.15) is 114 Å². The number of para-hydroxylation sites is 2. The van der Waals surface area contributed by atoms with Gasteiger partial charge < -0.3 is 28.7 Å². The smallest absolute Gasteiger partial charge is 0.211 e. The van der Waals surface area contributed by atoms with Gasteiger partial charge in [0.25, 0.3) is 0 Å². The lowest BCUT2D eigenvalue weighted by Crippen LogP contribution is -2.58. The second kappa shape index (κ2) is 16.5. The van der Waals surface area contributed by atoms with E-state index < -0.39 is 11.4 Å². The third kappa shape index (κ3) is 7.03. The van der Waals surface area contributed by atoms with Gasteiger partial charge >= 0.3 is 0 Å². The van der Waals surface area contributed by atoms with Crippen molar-refractivity contribution in [3.8, 4) is 34.1 Å². The zero-order chi connectivity index (χ0) is 51.7. The molecule has 0 aliphatic carbocycles. The quantitative estimate of drug-likeness (QED) is 0.159. The molecule has 0 radical (unpaired) electrons. The highest BCUT2D eigenvalue weighted by molar-refractivity contribution is 6.09. The van der Waals surface area contributed by atoms with E-state index in [0.29, 0.717) is 0 Å². The third-order valence-electron chi connectivity index (χ3n) is 17.1. The van der Waals surface area contributed by atoms with Gasteiger partial charge in [-0.05, 0) is 155 Å². The van der Waals surface area contributed by atoms with E-state index in [4.69, 9.17) is 18.9 Å². The maximum absolute atomic E-state index is 7.47. The zero-order valence-electron chi connectivity index (χ0n) is 45.1. The molecule has 8 aromatic rings. The molecule has 0 fully saturated rings. The molecule has 12 rings (SSSR count). The fraction of sp³-hybridized carbons (Fsp3) is 0.294. The van der Waals surface area contributed by atoms with Gasteiger partial charge in [0, 0.05) is 58.9 Å². The van der Waals surface area contributed by atoms with Crippen LogP contribution in [0.3, 0.4) is 0 Å². The standard InChI is InChI=1S/C68H68N2O4/c1-63(2,3)49-37-45-33-35-67(65(7,8)53-25-17-19-27-55(53)69(67)11)73-61(45)47(39-49)41-71-57-31-29-43-21-13-15-23-51(43)59(57)60-52-24-16-14-22-44(52)30-32-58(60)72-42-48-40-50(64(4,5)6)38-46-34-36-68(74-62(46)48)66(9,10)54-26-18-20-28-56(54)70(68)12/h13-40H,41-42H2,1-12H3. The van der Waals surface area contributed by atoms with Crippen molar-refractivity contribution in [2.45, 2.75) is 116 Å². The average Bonchev–Trinajstić information content (AvgIpc) is 3.68. The minimum atomic E-state index is -0.743. The van der Waals surface area contributed by atoms with Crippen LogP contribution in [0.5, 0.6) is 23.0 Å². The van der Waals surface area contributed by atoms with E-state index in [2.05, 4.69) is 263 Å². The summed E-state index contributed by atoms with van der Waals surface area (Å²) in [6, 6.07) is 52.4. The molecule has 4 aliphatic rings. The summed E-state index contributed by atoms with van der Waals surface area (Å²) in [5.41, 5.74) is 11.0. The van der Waals surface area contributed by atoms with Gasteiger partial charge in [0.2, 0.25) is 11.4 Å². The Morgan fingerprint density at radius 3 is 1.23 bits per heavy atom. The van der Waals surface area contributed by atoms with Crippen molar-refractivity contribution in [3.63, 3.8) is 0 Å². The lowest BCUT2D eigenvalue weighted by Gasteiger charge is -2.46. The molecule has 4 aliphatic heterocycles. The number of ether oxygens (including phenoxy) is 4. The van der Waals surface area contributed by atoms with Crippen LogP contribution in [0.25, 0.3) is 44.8 Å². The van der Waals surface area contributed by atoms with E-state index in [9.17, 15) is 0 Å². The Hall–Kier alpha value is -7.44. The van der Waals surface area contributed by atoms with Gasteiger partial charge in [-0.2, -0.15) is 0 Å². The van der Waals surface area contributed by atoms with Gasteiger partial charge in [0.05, 0.1) is 10.8 Å². The topological polar surface area (TPSA) is 43.4 Å². The summed E-state index contributed by atoms with van der Waals surface area (Å²) in [5, 5.41) is 4.39. The number of rotatable bonds is 7. The van der Waals surface area contributed by atoms with Gasteiger partial charge in [-0.3, -0.25) is 0 Å². The van der Waals surface area contributed by atoms with Crippen molar-refractivity contribution < 1.29 is 18.9 Å². The van der Waals surface area contributed by atoms with Crippen molar-refractivity contribution in [1.29, 1.82) is 0 Å². The molecule has 374 valence electrons. The molecule has 0 saturated heterocycles. The van der Waals surface area contributed by atoms with Crippen LogP contribution in [0.4, 0.5) is 11.4 Å². The van der Waals surface area contributed by atoms with E-state index in [1.165, 1.54) is 33.6 Å². The number of likely N-dealkylation sites (N-methyl/N-ethyl adjacent to an activating group) is 2. The van der Waals surface area contributed by atoms with E-state index >= 15 is 0 Å². The fourth-order valence-electron chi connectivity index (χ4n) is 12.6. The van der Waals surface area contributed by atoms with Gasteiger partial charge in [-0.25, -0.2) is 0 Å². The number of anilines is 2. The molecule has 2 spiro atoms. The predicted octanol–water partition coefficient (Wildman–Crippen LogP) is 16.5. The van der Waals surface area contributed by atoms with Crippen molar-refractivity contribution in [2.24, 2.45) is 0 Å². The average molecular weight is 977 g/mol. The summed E-state index contributed by atoms with van der Waals surface area (Å²) in [4.78, 5) is 4.60. The van der Waals surface area contributed by atoms with Crippen LogP contribution in [-0.2, 0) is 34.9 Å². The molecular weight excluding hydrogens is 909 g/mol. The molecular formula is C68H68N2O4. The lowest BCUT2D eigenvalue weighted by molar-refractivity contribution is 0.0558. The second-order valence-electron chi connectivity index (χ2n) is 24.2. The van der Waals surface area contributed by atoms with Crippen LogP contribution in [0.15, 0.2) is 158 Å². The Morgan fingerprint density at radius 2 is 0.838 bits per heavy atom. The van der Waals surface area contributed by atoms with Gasteiger partial charge in [-0.1, -0.05) is 139 Å². The summed E-state index contributed by atoms with van der Waals surface area (Å²) in [6.45, 7) is 23.4. The van der Waals surface area contributed by atoms with E-state index in [1.54, 1.807) is 0 Å². The first-order chi connectivity index (χ1) is 35.2. The summed E-state index contributed by atoms with van der Waals surface area (Å²) < 4.78 is 29.6. The third-order valence-corrected chi connectivity index (χ3v) is 17.1. The molecule has 0 N–H and O–H groups in total. The number of hydrogen-bond acceptors (Lipinski definition) is 6. The first-order valence-corrected chi connectivity index (χ1v) is 26.3. The maximum Gasteiger partial charge on any atom is 0.211 e. The Morgan fingerprint density at radius 1 is 0.459 bits per heavy atom. The van der Waals surface area contributed by atoms with Gasteiger partial charge in [0.15, 0.2) is 0 Å². The SMILES string of the molecule is CN1c2ccccc2C(C)(C)C12C=Cc1cc(C(C)(C)C)cc(COc3ccc4ccccc4c3-c3c(OCc4cc(C(C)(C)C)cc5c4OC4(C=C5)N(C)c5ccccc5C4(C)C)ccc4ccccc34)c1O2. The Balaban J connectivity index is 0.965. The normalized spacial score (nSPS) is 19.8. The summed E-state index contributed by atoms with van der Waals surface area (Å²) in [5.74, 6) is 3.22. The monoisotopic (exact) mass is 977 g/mol. The fourth-order valence-corrected chi connectivity index (χ4v) is 12.6. The van der Waals surface area contributed by atoms with Crippen molar-refractivity contribution in [2.75, 3.05) is 23.9 Å². The minimum Gasteiger partial charge on any atom is -0.488 e. The van der Waals surface area contributed by atoms with Gasteiger partial charge in [-0.15, -0.1) is 0 Å². The lowest BCUT2D eigenvalue weighted by atomic mass is 9.76. The first-order valence-electron chi connectivity index (χ1n) is 26.3. The van der Waals surface area contributed by atoms with E-state index in [-0.39, 0.29) is 34.9 Å². The number of nitrogens with zero attached hydrogens (tertiary/aromatic N) is 2.